The average molecular weight is 413 g/mol. The fourth-order valence-electron chi connectivity index (χ4n) is 3.08. The van der Waals surface area contributed by atoms with Crippen LogP contribution in [0.5, 0.6) is 5.75 Å². The summed E-state index contributed by atoms with van der Waals surface area (Å²) in [5.74, 6) is 1.06. The van der Waals surface area contributed by atoms with Gasteiger partial charge in [0, 0.05) is 12.7 Å². The Morgan fingerprint density at radius 3 is 2.74 bits per heavy atom. The van der Waals surface area contributed by atoms with Crippen LogP contribution in [0.25, 0.3) is 5.57 Å². The number of carbonyl (C=O) groups is 1. The van der Waals surface area contributed by atoms with Gasteiger partial charge in [-0.15, -0.1) is 0 Å². The summed E-state index contributed by atoms with van der Waals surface area (Å²) in [4.78, 5) is 20.2. The van der Waals surface area contributed by atoms with Gasteiger partial charge in [-0.2, -0.15) is 5.26 Å². The van der Waals surface area contributed by atoms with Crippen LogP contribution in [0.15, 0.2) is 66.7 Å². The number of methoxy groups -OCH3 is 1. The third-order valence-electron chi connectivity index (χ3n) is 4.67. The third-order valence-corrected chi connectivity index (χ3v) is 4.67. The highest BCUT2D eigenvalue weighted by molar-refractivity contribution is 5.89. The van der Waals surface area contributed by atoms with E-state index in [0.717, 1.165) is 11.3 Å². The fourth-order valence-corrected chi connectivity index (χ4v) is 3.08. The van der Waals surface area contributed by atoms with Crippen molar-refractivity contribution in [1.29, 1.82) is 5.26 Å². The maximum atomic E-state index is 11.5. The molecule has 1 aliphatic heterocycles. The van der Waals surface area contributed by atoms with Crippen LogP contribution in [0.2, 0.25) is 0 Å². The lowest BCUT2D eigenvalue weighted by atomic mass is 10.1. The van der Waals surface area contributed by atoms with Gasteiger partial charge < -0.3 is 20.1 Å². The SMILES string of the molecule is COC(=O)c1ccc(CCNc2nccc(/C(C#N)=C3/Nc4ccccc4O3)n2)cc1. The van der Waals surface area contributed by atoms with Gasteiger partial charge in [-0.25, -0.2) is 14.8 Å². The lowest BCUT2D eigenvalue weighted by Crippen LogP contribution is -2.10. The smallest absolute Gasteiger partial charge is 0.337 e. The number of nitrogens with zero attached hydrogens (tertiary/aromatic N) is 3. The molecule has 0 saturated heterocycles. The number of benzene rings is 2. The van der Waals surface area contributed by atoms with Gasteiger partial charge in [0.05, 0.1) is 24.1 Å². The Balaban J connectivity index is 1.42. The normalized spacial score (nSPS) is 13.3. The van der Waals surface area contributed by atoms with Crippen LogP contribution in [0, 0.1) is 11.3 Å². The van der Waals surface area contributed by atoms with Gasteiger partial charge in [0.25, 0.3) is 0 Å². The molecule has 8 nitrogen and oxygen atoms in total. The van der Waals surface area contributed by atoms with Gasteiger partial charge in [-0.05, 0) is 42.3 Å². The molecule has 154 valence electrons. The monoisotopic (exact) mass is 413 g/mol. The number of hydrogen-bond acceptors (Lipinski definition) is 8. The Morgan fingerprint density at radius 2 is 2.00 bits per heavy atom. The van der Waals surface area contributed by atoms with Crippen molar-refractivity contribution in [3.8, 4) is 11.8 Å². The first kappa shape index (κ1) is 19.9. The van der Waals surface area contributed by atoms with Crippen LogP contribution in [-0.2, 0) is 11.2 Å². The summed E-state index contributed by atoms with van der Waals surface area (Å²) >= 11 is 0. The molecule has 0 saturated carbocycles. The minimum Gasteiger partial charge on any atom is -0.465 e. The van der Waals surface area contributed by atoms with E-state index in [1.807, 2.05) is 36.4 Å². The molecule has 2 N–H and O–H groups in total. The summed E-state index contributed by atoms with van der Waals surface area (Å²) < 4.78 is 10.5. The number of carbonyl (C=O) groups excluding carboxylic acids is 1. The number of esters is 1. The summed E-state index contributed by atoms with van der Waals surface area (Å²) in [7, 11) is 1.36. The predicted molar refractivity (Wildman–Crippen MR) is 115 cm³/mol. The van der Waals surface area contributed by atoms with E-state index in [4.69, 9.17) is 9.47 Å². The second-order valence-corrected chi connectivity index (χ2v) is 6.67. The van der Waals surface area contributed by atoms with E-state index in [1.165, 1.54) is 7.11 Å². The van der Waals surface area contributed by atoms with Crippen molar-refractivity contribution in [2.75, 3.05) is 24.3 Å². The van der Waals surface area contributed by atoms with E-state index in [-0.39, 0.29) is 5.97 Å². The van der Waals surface area contributed by atoms with Crippen molar-refractivity contribution in [2.24, 2.45) is 0 Å². The first-order chi connectivity index (χ1) is 15.2. The standard InChI is InChI=1S/C23H19N5O3/c1-30-22(29)16-8-6-15(7-9-16)10-12-25-23-26-13-11-18(28-23)17(14-24)21-27-19-4-2-3-5-20(19)31-21/h2-9,11,13,27H,10,12H2,1H3,(H,25,26,28)/b21-17-. The van der Waals surface area contributed by atoms with E-state index in [1.54, 1.807) is 24.4 Å². The quantitative estimate of drug-likeness (QED) is 0.466. The number of nitrogens with one attached hydrogen (secondary N) is 2. The average Bonchev–Trinajstić information content (AvgIpc) is 3.23. The Hall–Kier alpha value is -4.38. The van der Waals surface area contributed by atoms with Gasteiger partial charge in [-0.1, -0.05) is 24.3 Å². The van der Waals surface area contributed by atoms with Crippen molar-refractivity contribution in [1.82, 2.24) is 9.97 Å². The second kappa shape index (κ2) is 8.97. The van der Waals surface area contributed by atoms with Crippen LogP contribution in [0.4, 0.5) is 11.6 Å². The fraction of sp³-hybridized carbons (Fsp3) is 0.130. The molecule has 0 aliphatic carbocycles. The van der Waals surface area contributed by atoms with E-state index in [2.05, 4.69) is 26.7 Å². The molecule has 0 fully saturated rings. The predicted octanol–water partition coefficient (Wildman–Crippen LogP) is 3.61. The van der Waals surface area contributed by atoms with E-state index in [9.17, 15) is 10.1 Å². The van der Waals surface area contributed by atoms with Gasteiger partial charge in [-0.3, -0.25) is 0 Å². The zero-order chi connectivity index (χ0) is 21.6. The molecule has 1 aromatic heterocycles. The summed E-state index contributed by atoms with van der Waals surface area (Å²) in [6.07, 6.45) is 2.30. The molecule has 3 aromatic rings. The Kier molecular flexibility index (Phi) is 5.76. The number of para-hydroxylation sites is 2. The van der Waals surface area contributed by atoms with Crippen LogP contribution in [0.3, 0.4) is 0 Å². The number of rotatable bonds is 6. The van der Waals surface area contributed by atoms with Crippen molar-refractivity contribution >= 4 is 23.2 Å². The first-order valence-electron chi connectivity index (χ1n) is 9.61. The Morgan fingerprint density at radius 1 is 1.19 bits per heavy atom. The number of allylic oxidation sites excluding steroid dienone is 1. The molecule has 0 unspecified atom stereocenters. The minimum absolute atomic E-state index is 0.292. The highest BCUT2D eigenvalue weighted by atomic mass is 16.5. The number of hydrogen-bond donors (Lipinski definition) is 2. The molecule has 0 radical (unpaired) electrons. The molecule has 31 heavy (non-hydrogen) atoms. The molecular weight excluding hydrogens is 394 g/mol. The van der Waals surface area contributed by atoms with E-state index in [0.29, 0.717) is 47.4 Å². The molecule has 0 amide bonds. The highest BCUT2D eigenvalue weighted by Crippen LogP contribution is 2.35. The highest BCUT2D eigenvalue weighted by Gasteiger charge is 2.21. The molecule has 4 rings (SSSR count). The summed E-state index contributed by atoms with van der Waals surface area (Å²) in [6.45, 7) is 0.583. The van der Waals surface area contributed by atoms with Gasteiger partial charge >= 0.3 is 5.97 Å². The van der Waals surface area contributed by atoms with Gasteiger partial charge in [0.1, 0.15) is 11.6 Å². The number of aromatic nitrogens is 2. The third kappa shape index (κ3) is 4.46. The van der Waals surface area contributed by atoms with Crippen LogP contribution in [-0.4, -0.2) is 29.6 Å². The van der Waals surface area contributed by atoms with Crippen LogP contribution < -0.4 is 15.4 Å². The summed E-state index contributed by atoms with van der Waals surface area (Å²) in [5, 5.41) is 15.9. The second-order valence-electron chi connectivity index (χ2n) is 6.67. The summed E-state index contributed by atoms with van der Waals surface area (Å²) in [6, 6.07) is 18.5. The van der Waals surface area contributed by atoms with Crippen molar-refractivity contribution in [3.05, 3.63) is 83.5 Å². The molecule has 2 heterocycles. The molecule has 8 heteroatoms. The van der Waals surface area contributed by atoms with Gasteiger partial charge in [0.2, 0.25) is 11.8 Å². The maximum Gasteiger partial charge on any atom is 0.337 e. The first-order valence-corrected chi connectivity index (χ1v) is 9.61. The minimum atomic E-state index is -0.360. The molecule has 0 spiro atoms. The number of anilines is 2. The van der Waals surface area contributed by atoms with E-state index >= 15 is 0 Å². The van der Waals surface area contributed by atoms with Crippen LogP contribution in [0.1, 0.15) is 21.6 Å². The topological polar surface area (TPSA) is 109 Å². The van der Waals surface area contributed by atoms with E-state index < -0.39 is 0 Å². The largest absolute Gasteiger partial charge is 0.465 e. The molecule has 1 aliphatic rings. The molecule has 0 bridgehead atoms. The lowest BCUT2D eigenvalue weighted by molar-refractivity contribution is 0.0600. The Bertz CT molecular complexity index is 1160. The molecule has 2 aromatic carbocycles. The molecular formula is C23H19N5O3. The van der Waals surface area contributed by atoms with Gasteiger partial charge in [0.15, 0.2) is 5.75 Å². The number of ether oxygens (including phenoxy) is 2. The number of nitriles is 1. The molecule has 0 atom stereocenters. The number of fused-ring (bicyclic) bond motifs is 1. The lowest BCUT2D eigenvalue weighted by Gasteiger charge is -2.08. The maximum absolute atomic E-state index is 11.5. The summed E-state index contributed by atoms with van der Waals surface area (Å²) in [5.41, 5.74) is 3.11. The Labute approximate surface area is 179 Å². The zero-order valence-electron chi connectivity index (χ0n) is 16.8. The zero-order valence-corrected chi connectivity index (χ0v) is 16.8. The van der Waals surface area contributed by atoms with Crippen molar-refractivity contribution in [3.63, 3.8) is 0 Å². The van der Waals surface area contributed by atoms with Crippen molar-refractivity contribution < 1.29 is 14.3 Å². The van der Waals surface area contributed by atoms with Crippen molar-refractivity contribution in [2.45, 2.75) is 6.42 Å². The van der Waals surface area contributed by atoms with Crippen LogP contribution >= 0.6 is 0 Å².